The van der Waals surface area contributed by atoms with Crippen LogP contribution in [0.3, 0.4) is 0 Å². The van der Waals surface area contributed by atoms with Gasteiger partial charge in [0.15, 0.2) is 12.2 Å². The van der Waals surface area contributed by atoms with Gasteiger partial charge in [0.05, 0.1) is 32.5 Å². The van der Waals surface area contributed by atoms with Crippen LogP contribution in [0.15, 0.2) is 0 Å². The number of hydrogen-bond acceptors (Lipinski definition) is 9. The lowest BCUT2D eigenvalue weighted by Crippen LogP contribution is -2.36. The topological polar surface area (TPSA) is 110 Å². The average molecular weight is 358 g/mol. The van der Waals surface area contributed by atoms with E-state index >= 15 is 0 Å². The quantitative estimate of drug-likeness (QED) is 0.489. The Kier molecular flexibility index (Phi) is 4.67. The number of fused-ring (bicyclic) bond motifs is 2. The van der Waals surface area contributed by atoms with E-state index in [4.69, 9.17) is 28.4 Å². The third kappa shape index (κ3) is 3.26. The smallest absolute Gasteiger partial charge is 0.317 e. The maximum Gasteiger partial charge on any atom is 0.317 e. The summed E-state index contributed by atoms with van der Waals surface area (Å²) in [5, 5.41) is 9.66. The van der Waals surface area contributed by atoms with Gasteiger partial charge in [-0.1, -0.05) is 6.92 Å². The van der Waals surface area contributed by atoms with Crippen LogP contribution in [0.25, 0.3) is 0 Å². The first kappa shape index (κ1) is 17.2. The molecule has 0 bridgehead atoms. The number of carbonyl (C=O) groups is 2. The number of hydrogen-bond donors (Lipinski definition) is 1. The minimum absolute atomic E-state index is 0.0664. The molecular formula is C16H22O9. The number of aliphatic hydroxyl groups excluding tert-OH is 1. The van der Waals surface area contributed by atoms with Crippen molar-refractivity contribution >= 4 is 11.9 Å². The number of aliphatic hydroxyl groups is 1. The molecule has 8 atom stereocenters. The largest absolute Gasteiger partial charge is 0.457 e. The van der Waals surface area contributed by atoms with Gasteiger partial charge in [-0.25, -0.2) is 0 Å². The summed E-state index contributed by atoms with van der Waals surface area (Å²) in [5.41, 5.74) is 0. The van der Waals surface area contributed by atoms with Crippen LogP contribution in [-0.2, 0) is 38.0 Å². The molecule has 0 radical (unpaired) electrons. The monoisotopic (exact) mass is 358 g/mol. The van der Waals surface area contributed by atoms with Crippen molar-refractivity contribution in [3.8, 4) is 0 Å². The van der Waals surface area contributed by atoms with Gasteiger partial charge >= 0.3 is 11.9 Å². The van der Waals surface area contributed by atoms with Gasteiger partial charge in [0.2, 0.25) is 0 Å². The van der Waals surface area contributed by atoms with E-state index in [1.807, 2.05) is 6.92 Å². The summed E-state index contributed by atoms with van der Waals surface area (Å²) in [7, 11) is 0. The normalized spacial score (nSPS) is 45.2. The van der Waals surface area contributed by atoms with Gasteiger partial charge in [0.25, 0.3) is 0 Å². The predicted molar refractivity (Wildman–Crippen MR) is 78.5 cm³/mol. The summed E-state index contributed by atoms with van der Waals surface area (Å²) >= 11 is 0. The Morgan fingerprint density at radius 3 is 2.04 bits per heavy atom. The Morgan fingerprint density at radius 2 is 1.36 bits per heavy atom. The standard InChI is InChI=1S/C16H22O9/c1-7-3-20-15-9(5-22-13(7)15)24-11(18)2-12(19)25-10-6-23-14-8(17)4-21-16(10)14/h7-10,13-17H,2-6H2,1H3. The molecule has 8 unspecified atom stereocenters. The van der Waals surface area contributed by atoms with Crippen molar-refractivity contribution in [3.63, 3.8) is 0 Å². The molecule has 4 saturated heterocycles. The first-order valence-electron chi connectivity index (χ1n) is 8.56. The molecule has 9 nitrogen and oxygen atoms in total. The van der Waals surface area contributed by atoms with Gasteiger partial charge in [-0.2, -0.15) is 0 Å². The van der Waals surface area contributed by atoms with Gasteiger partial charge in [-0.05, 0) is 0 Å². The molecule has 140 valence electrons. The van der Waals surface area contributed by atoms with Crippen LogP contribution in [0.4, 0.5) is 0 Å². The Labute approximate surface area is 144 Å². The van der Waals surface area contributed by atoms with Gasteiger partial charge in [-0.3, -0.25) is 9.59 Å². The molecule has 0 aromatic heterocycles. The summed E-state index contributed by atoms with van der Waals surface area (Å²) in [5.74, 6) is -1.12. The third-order valence-electron chi connectivity index (χ3n) is 5.09. The highest BCUT2D eigenvalue weighted by atomic mass is 16.6. The molecule has 0 aromatic carbocycles. The maximum atomic E-state index is 12.0. The molecule has 25 heavy (non-hydrogen) atoms. The maximum absolute atomic E-state index is 12.0. The Hall–Kier alpha value is -1.26. The van der Waals surface area contributed by atoms with Crippen molar-refractivity contribution in [2.24, 2.45) is 5.92 Å². The zero-order valence-corrected chi connectivity index (χ0v) is 13.9. The van der Waals surface area contributed by atoms with Crippen LogP contribution >= 0.6 is 0 Å². The minimum atomic E-state index is -0.720. The lowest BCUT2D eigenvalue weighted by atomic mass is 10.0. The van der Waals surface area contributed by atoms with Crippen LogP contribution < -0.4 is 0 Å². The van der Waals surface area contributed by atoms with Crippen molar-refractivity contribution < 1.29 is 43.1 Å². The molecule has 9 heteroatoms. The highest BCUT2D eigenvalue weighted by molar-refractivity contribution is 5.91. The summed E-state index contributed by atoms with van der Waals surface area (Å²) in [6, 6.07) is 0. The van der Waals surface area contributed by atoms with E-state index in [0.29, 0.717) is 6.61 Å². The molecule has 0 saturated carbocycles. The molecule has 4 aliphatic heterocycles. The first-order chi connectivity index (χ1) is 12.0. The van der Waals surface area contributed by atoms with E-state index in [2.05, 4.69) is 0 Å². The molecular weight excluding hydrogens is 336 g/mol. The van der Waals surface area contributed by atoms with Crippen molar-refractivity contribution in [1.29, 1.82) is 0 Å². The molecule has 1 N–H and O–H groups in total. The molecule has 0 aliphatic carbocycles. The molecule has 4 heterocycles. The second kappa shape index (κ2) is 6.81. The van der Waals surface area contributed by atoms with Crippen molar-refractivity contribution in [2.75, 3.05) is 26.4 Å². The van der Waals surface area contributed by atoms with E-state index in [1.54, 1.807) is 0 Å². The first-order valence-corrected chi connectivity index (χ1v) is 8.56. The van der Waals surface area contributed by atoms with Crippen molar-refractivity contribution in [1.82, 2.24) is 0 Å². The summed E-state index contributed by atoms with van der Waals surface area (Å²) in [6.45, 7) is 3.15. The second-order valence-electron chi connectivity index (χ2n) is 6.97. The predicted octanol–water partition coefficient (Wildman–Crippen LogP) is -1.21. The van der Waals surface area contributed by atoms with Crippen molar-refractivity contribution in [3.05, 3.63) is 0 Å². The van der Waals surface area contributed by atoms with E-state index in [1.165, 1.54) is 0 Å². The lowest BCUT2D eigenvalue weighted by molar-refractivity contribution is -0.165. The van der Waals surface area contributed by atoms with Crippen LogP contribution in [-0.4, -0.2) is 86.2 Å². The van der Waals surface area contributed by atoms with Crippen molar-refractivity contribution in [2.45, 2.75) is 56.1 Å². The fraction of sp³-hybridized carbons (Fsp3) is 0.875. The van der Waals surface area contributed by atoms with E-state index in [9.17, 15) is 14.7 Å². The van der Waals surface area contributed by atoms with E-state index in [-0.39, 0.29) is 37.9 Å². The summed E-state index contributed by atoms with van der Waals surface area (Å²) in [4.78, 5) is 24.0. The lowest BCUT2D eigenvalue weighted by Gasteiger charge is -2.18. The van der Waals surface area contributed by atoms with Crippen LogP contribution in [0.2, 0.25) is 0 Å². The van der Waals surface area contributed by atoms with Gasteiger partial charge in [-0.15, -0.1) is 0 Å². The number of ether oxygens (including phenoxy) is 6. The molecule has 0 spiro atoms. The number of rotatable bonds is 4. The highest BCUT2D eigenvalue weighted by Crippen LogP contribution is 2.32. The Balaban J connectivity index is 1.24. The zero-order valence-electron chi connectivity index (χ0n) is 13.9. The van der Waals surface area contributed by atoms with E-state index < -0.39 is 48.9 Å². The molecule has 0 aromatic rings. The van der Waals surface area contributed by atoms with E-state index in [0.717, 1.165) is 0 Å². The molecule has 4 fully saturated rings. The number of esters is 2. The Bertz CT molecular complexity index is 492. The Morgan fingerprint density at radius 1 is 0.840 bits per heavy atom. The summed E-state index contributed by atoms with van der Waals surface area (Å²) in [6.07, 6.45) is -3.66. The van der Waals surface area contributed by atoms with Gasteiger partial charge < -0.3 is 33.5 Å². The molecule has 4 aliphatic rings. The molecule has 4 rings (SSSR count). The minimum Gasteiger partial charge on any atom is -0.457 e. The van der Waals surface area contributed by atoms with Gasteiger partial charge in [0, 0.05) is 5.92 Å². The second-order valence-corrected chi connectivity index (χ2v) is 6.97. The highest BCUT2D eigenvalue weighted by Gasteiger charge is 2.50. The third-order valence-corrected chi connectivity index (χ3v) is 5.09. The van der Waals surface area contributed by atoms with Crippen LogP contribution in [0.5, 0.6) is 0 Å². The molecule has 0 amide bonds. The summed E-state index contributed by atoms with van der Waals surface area (Å²) < 4.78 is 32.5. The fourth-order valence-corrected chi connectivity index (χ4v) is 3.84. The van der Waals surface area contributed by atoms with Crippen LogP contribution in [0, 0.1) is 5.92 Å². The number of carbonyl (C=O) groups excluding carboxylic acids is 2. The van der Waals surface area contributed by atoms with Crippen LogP contribution in [0.1, 0.15) is 13.3 Å². The average Bonchev–Trinajstić information content (AvgIpc) is 3.29. The zero-order chi connectivity index (χ0) is 17.6. The van der Waals surface area contributed by atoms with Gasteiger partial charge in [0.1, 0.15) is 30.8 Å². The fourth-order valence-electron chi connectivity index (χ4n) is 3.84. The SMILES string of the molecule is CC1COC2C(OC(=O)CC(=O)OC3COC4C(O)COC34)COC12.